The van der Waals surface area contributed by atoms with Crippen molar-refractivity contribution in [1.29, 1.82) is 0 Å². The number of nitrogens with one attached hydrogen (secondary N) is 1. The fourth-order valence-electron chi connectivity index (χ4n) is 2.58. The fourth-order valence-corrected chi connectivity index (χ4v) is 2.58. The molecule has 2 rings (SSSR count). The Morgan fingerprint density at radius 1 is 1.16 bits per heavy atom. The average Bonchev–Trinajstić information content (AvgIpc) is 2.73. The minimum atomic E-state index is -4.82. The van der Waals surface area contributed by atoms with E-state index >= 15 is 0 Å². The molecule has 0 amide bonds. The highest BCUT2D eigenvalue weighted by Crippen LogP contribution is 2.32. The van der Waals surface area contributed by atoms with E-state index in [4.69, 9.17) is 4.84 Å². The van der Waals surface area contributed by atoms with Crippen LogP contribution in [0.3, 0.4) is 0 Å². The first-order valence-corrected chi connectivity index (χ1v) is 9.38. The maximum Gasteiger partial charge on any atom is 0.419 e. The van der Waals surface area contributed by atoms with Crippen molar-refractivity contribution in [3.63, 3.8) is 0 Å². The van der Waals surface area contributed by atoms with Gasteiger partial charge in [0.1, 0.15) is 25.2 Å². The van der Waals surface area contributed by atoms with Crippen LogP contribution in [0, 0.1) is 12.7 Å². The third-order valence-electron chi connectivity index (χ3n) is 4.09. The molecule has 0 aliphatic heterocycles. The molecule has 32 heavy (non-hydrogen) atoms. The molecule has 0 spiro atoms. The summed E-state index contributed by atoms with van der Waals surface area (Å²) >= 11 is 0. The Kier molecular flexibility index (Phi) is 10.5. The number of hydrogen-bond acceptors (Lipinski definition) is 6. The predicted molar refractivity (Wildman–Crippen MR) is 114 cm³/mol. The molecule has 0 atom stereocenters. The Bertz CT molecular complexity index is 973. The number of alkyl halides is 3. The number of carbonyl (C=O) groups excluding carboxylic acids is 1. The van der Waals surface area contributed by atoms with Gasteiger partial charge in [-0.3, -0.25) is 4.79 Å². The molecule has 0 unspecified atom stereocenters. The van der Waals surface area contributed by atoms with E-state index in [2.05, 4.69) is 20.5 Å². The van der Waals surface area contributed by atoms with Gasteiger partial charge in [-0.15, -0.1) is 0 Å². The van der Waals surface area contributed by atoms with E-state index in [9.17, 15) is 22.4 Å². The van der Waals surface area contributed by atoms with Crippen LogP contribution in [0.25, 0.3) is 0 Å². The molecule has 6 nitrogen and oxygen atoms in total. The number of halogens is 4. The molecule has 0 heterocycles. The predicted octanol–water partition coefficient (Wildman–Crippen LogP) is 4.48. The molecule has 1 N–H and O–H groups in total. The number of benzene rings is 2. The number of aldehydes is 1. The number of carbonyl (C=O) groups is 1. The van der Waals surface area contributed by atoms with Crippen molar-refractivity contribution in [2.24, 2.45) is 10.3 Å². The zero-order chi connectivity index (χ0) is 24.3. The average molecular weight is 455 g/mol. The van der Waals surface area contributed by atoms with Crippen molar-refractivity contribution in [2.45, 2.75) is 26.6 Å². The highest BCUT2D eigenvalue weighted by Gasteiger charge is 2.34. The molecule has 0 saturated heterocycles. The smallest absolute Gasteiger partial charge is 0.399 e. The van der Waals surface area contributed by atoms with Gasteiger partial charge in [0.15, 0.2) is 6.29 Å². The third-order valence-corrected chi connectivity index (χ3v) is 4.09. The van der Waals surface area contributed by atoms with Crippen molar-refractivity contribution >= 4 is 17.7 Å². The van der Waals surface area contributed by atoms with E-state index in [1.165, 1.54) is 20.1 Å². The first-order valence-electron chi connectivity index (χ1n) is 9.38. The Hall–Kier alpha value is -3.27. The van der Waals surface area contributed by atoms with E-state index in [0.29, 0.717) is 23.5 Å². The van der Waals surface area contributed by atoms with Crippen molar-refractivity contribution in [3.05, 3.63) is 70.0 Å². The summed E-state index contributed by atoms with van der Waals surface area (Å²) in [5.41, 5.74) is 0.770. The summed E-state index contributed by atoms with van der Waals surface area (Å²) in [6.07, 6.45) is -4.28. The normalized spacial score (nSPS) is 12.0. The molecular weight excluding hydrogens is 430 g/mol. The van der Waals surface area contributed by atoms with E-state index in [1.807, 2.05) is 14.1 Å². The molecule has 10 heteroatoms. The monoisotopic (exact) mass is 455 g/mol. The maximum absolute atomic E-state index is 13.4. The van der Waals surface area contributed by atoms with E-state index in [1.54, 1.807) is 25.1 Å². The SMILES string of the molecule is CNC.CO/N=C(/C=O)c1cccc(C)c1CO/N=C(\C)c1ccc(F)c(C(F)(F)F)c1. The van der Waals surface area contributed by atoms with Gasteiger partial charge in [-0.05, 0) is 51.2 Å². The second-order valence-electron chi connectivity index (χ2n) is 6.52. The number of aryl methyl sites for hydroxylation is 1. The summed E-state index contributed by atoms with van der Waals surface area (Å²) in [5, 5.41) is 10.2. The molecule has 0 bridgehead atoms. The largest absolute Gasteiger partial charge is 0.419 e. The Morgan fingerprint density at radius 3 is 2.38 bits per heavy atom. The van der Waals surface area contributed by atoms with Crippen molar-refractivity contribution < 1.29 is 32.0 Å². The van der Waals surface area contributed by atoms with Gasteiger partial charge in [0.25, 0.3) is 0 Å². The van der Waals surface area contributed by atoms with Crippen LogP contribution in [0.1, 0.15) is 34.7 Å². The molecule has 2 aromatic carbocycles. The van der Waals surface area contributed by atoms with Gasteiger partial charge in [-0.2, -0.15) is 13.2 Å². The summed E-state index contributed by atoms with van der Waals surface area (Å²) in [6.45, 7) is 3.17. The van der Waals surface area contributed by atoms with Crippen LogP contribution in [-0.2, 0) is 27.3 Å². The maximum atomic E-state index is 13.4. The van der Waals surface area contributed by atoms with Crippen LogP contribution >= 0.6 is 0 Å². The second kappa shape index (κ2) is 12.6. The zero-order valence-corrected chi connectivity index (χ0v) is 18.4. The lowest BCUT2D eigenvalue weighted by Gasteiger charge is -2.12. The van der Waals surface area contributed by atoms with Crippen LogP contribution in [0.2, 0.25) is 0 Å². The van der Waals surface area contributed by atoms with Gasteiger partial charge in [-0.1, -0.05) is 34.6 Å². The van der Waals surface area contributed by atoms with E-state index < -0.39 is 17.6 Å². The topological polar surface area (TPSA) is 72.3 Å². The van der Waals surface area contributed by atoms with Crippen LogP contribution in [0.5, 0.6) is 0 Å². The molecule has 174 valence electrons. The molecule has 0 saturated carbocycles. The fraction of sp³-hybridized carbons (Fsp3) is 0.318. The molecule has 0 fully saturated rings. The number of hydrogen-bond donors (Lipinski definition) is 1. The van der Waals surface area contributed by atoms with Crippen molar-refractivity contribution in [1.82, 2.24) is 5.32 Å². The Labute approximate surface area is 183 Å². The van der Waals surface area contributed by atoms with Crippen LogP contribution in [-0.4, -0.2) is 38.9 Å². The minimum Gasteiger partial charge on any atom is -0.399 e. The first kappa shape index (κ1) is 26.8. The van der Waals surface area contributed by atoms with Gasteiger partial charge in [-0.25, -0.2) is 4.39 Å². The molecule has 2 aromatic rings. The highest BCUT2D eigenvalue weighted by atomic mass is 19.4. The lowest BCUT2D eigenvalue weighted by Crippen LogP contribution is -2.10. The second-order valence-corrected chi connectivity index (χ2v) is 6.52. The van der Waals surface area contributed by atoms with Gasteiger partial charge < -0.3 is 15.0 Å². The van der Waals surface area contributed by atoms with Crippen LogP contribution < -0.4 is 5.32 Å². The first-order chi connectivity index (χ1) is 15.1. The quantitative estimate of drug-likeness (QED) is 0.289. The van der Waals surface area contributed by atoms with Crippen LogP contribution in [0.15, 0.2) is 46.7 Å². The third kappa shape index (κ3) is 7.45. The molecule has 0 radical (unpaired) electrons. The van der Waals surface area contributed by atoms with E-state index in [0.717, 1.165) is 11.6 Å². The standard InChI is InChI=1S/C20H18F4N2O3.C2H7N/c1-12-5-4-6-15(19(10-27)26-28-3)16(12)11-29-25-13(2)14-7-8-18(21)17(9-14)20(22,23)24;1-3-2/h4-10H,11H2,1-3H3;3H,1-2H3/b25-13+,26-19-;. The number of rotatable bonds is 7. The van der Waals surface area contributed by atoms with Crippen molar-refractivity contribution in [2.75, 3.05) is 21.2 Å². The van der Waals surface area contributed by atoms with Gasteiger partial charge in [0.2, 0.25) is 0 Å². The highest BCUT2D eigenvalue weighted by molar-refractivity contribution is 6.36. The molecule has 0 aliphatic carbocycles. The van der Waals surface area contributed by atoms with Gasteiger partial charge in [0, 0.05) is 11.1 Å². The van der Waals surface area contributed by atoms with E-state index in [-0.39, 0.29) is 23.6 Å². The van der Waals surface area contributed by atoms with Crippen LogP contribution in [0.4, 0.5) is 17.6 Å². The summed E-state index contributed by atoms with van der Waals surface area (Å²) in [5.74, 6) is -1.36. The lowest BCUT2D eigenvalue weighted by molar-refractivity contribution is -0.140. The Balaban J connectivity index is 0.00000161. The summed E-state index contributed by atoms with van der Waals surface area (Å²) in [7, 11) is 5.06. The summed E-state index contributed by atoms with van der Waals surface area (Å²) in [4.78, 5) is 21.2. The number of oxime groups is 2. The molecule has 0 aromatic heterocycles. The zero-order valence-electron chi connectivity index (χ0n) is 18.4. The van der Waals surface area contributed by atoms with Gasteiger partial charge in [0.05, 0.1) is 11.3 Å². The molecular formula is C22H25F4N3O3. The van der Waals surface area contributed by atoms with Gasteiger partial charge >= 0.3 is 6.18 Å². The minimum absolute atomic E-state index is 0.0591. The number of nitrogens with zero attached hydrogens (tertiary/aromatic N) is 2. The lowest BCUT2D eigenvalue weighted by atomic mass is 9.99. The van der Waals surface area contributed by atoms with Crippen molar-refractivity contribution in [3.8, 4) is 0 Å². The Morgan fingerprint density at radius 2 is 1.81 bits per heavy atom. The summed E-state index contributed by atoms with van der Waals surface area (Å²) in [6, 6.07) is 7.77. The molecule has 0 aliphatic rings. The summed E-state index contributed by atoms with van der Waals surface area (Å²) < 4.78 is 52.0.